The minimum Gasteiger partial charge on any atom is -0.519 e. The van der Waals surface area contributed by atoms with Crippen molar-refractivity contribution in [2.45, 2.75) is 64.3 Å². The Morgan fingerprint density at radius 2 is 2.05 bits per heavy atom. The summed E-state index contributed by atoms with van der Waals surface area (Å²) in [5.74, 6) is 1.48. The molecule has 2 aliphatic rings. The summed E-state index contributed by atoms with van der Waals surface area (Å²) in [5.41, 5.74) is 1.12. The van der Waals surface area contributed by atoms with E-state index in [-0.39, 0.29) is 11.1 Å². The predicted molar refractivity (Wildman–Crippen MR) is 85.1 cm³/mol. The molecule has 0 bridgehead atoms. The number of hydrogen-bond donors (Lipinski definition) is 0. The quantitative estimate of drug-likeness (QED) is 0.572. The normalized spacial score (nSPS) is 23.2. The maximum atomic E-state index is 6.10. The molecular weight excluding hydrogens is 284 g/mol. The summed E-state index contributed by atoms with van der Waals surface area (Å²) < 4.78 is 23.0. The molecule has 1 atom stereocenters. The molecule has 0 aromatic rings. The zero-order valence-electron chi connectivity index (χ0n) is 14.0. The van der Waals surface area contributed by atoms with Crippen molar-refractivity contribution in [2.24, 2.45) is 0 Å². The fourth-order valence-corrected chi connectivity index (χ4v) is 3.24. The predicted octanol–water partition coefficient (Wildman–Crippen LogP) is 4.31. The summed E-state index contributed by atoms with van der Waals surface area (Å²) in [7, 11) is -1.90. The van der Waals surface area contributed by atoms with Gasteiger partial charge in [-0.25, -0.2) is 0 Å². The third-order valence-electron chi connectivity index (χ3n) is 4.64. The van der Waals surface area contributed by atoms with Gasteiger partial charge in [0.25, 0.3) is 14.3 Å². The van der Waals surface area contributed by atoms with Gasteiger partial charge in [-0.3, -0.25) is 0 Å². The van der Waals surface area contributed by atoms with Crippen LogP contribution in [-0.2, 0) is 18.6 Å². The van der Waals surface area contributed by atoms with Gasteiger partial charge in [0.1, 0.15) is 11.9 Å². The topological polar surface area (TPSA) is 36.9 Å². The fourth-order valence-electron chi connectivity index (χ4n) is 2.32. The Kier molecular flexibility index (Phi) is 4.73. The molecule has 4 nitrogen and oxygen atoms in total. The number of ether oxygens (including phenoxy) is 3. The molecule has 0 unspecified atom stereocenters. The second-order valence-corrected chi connectivity index (χ2v) is 12.0. The van der Waals surface area contributed by atoms with E-state index in [9.17, 15) is 0 Å². The van der Waals surface area contributed by atoms with E-state index in [1.807, 2.05) is 0 Å². The van der Waals surface area contributed by atoms with Gasteiger partial charge in [-0.1, -0.05) is 20.8 Å². The van der Waals surface area contributed by atoms with Crippen LogP contribution in [0.1, 0.15) is 40.0 Å². The molecule has 0 saturated heterocycles. The van der Waals surface area contributed by atoms with Crippen molar-refractivity contribution in [3.05, 3.63) is 23.9 Å². The molecule has 0 N–H and O–H groups in total. The van der Waals surface area contributed by atoms with Crippen molar-refractivity contribution < 1.29 is 18.6 Å². The summed E-state index contributed by atoms with van der Waals surface area (Å²) >= 11 is 0. The highest BCUT2D eigenvalue weighted by Crippen LogP contribution is 2.39. The van der Waals surface area contributed by atoms with Gasteiger partial charge in [0.2, 0.25) is 0 Å². The minimum atomic E-state index is -1.90. The van der Waals surface area contributed by atoms with Crippen molar-refractivity contribution in [3.63, 3.8) is 0 Å². The van der Waals surface area contributed by atoms with Crippen LogP contribution in [0, 0.1) is 0 Å². The first-order chi connectivity index (χ1) is 9.71. The molecule has 5 heteroatoms. The Balaban J connectivity index is 2.00. The summed E-state index contributed by atoms with van der Waals surface area (Å²) in [6.07, 6.45) is 2.99. The summed E-state index contributed by atoms with van der Waals surface area (Å²) in [4.78, 5) is 0. The maximum absolute atomic E-state index is 6.10. The summed E-state index contributed by atoms with van der Waals surface area (Å²) in [5, 5.41) is 0.132. The Hall–Kier alpha value is -0.943. The Bertz CT molecular complexity index is 430. The van der Waals surface area contributed by atoms with Crippen LogP contribution in [0.25, 0.3) is 0 Å². The van der Waals surface area contributed by atoms with E-state index in [1.54, 1.807) is 0 Å². The average Bonchev–Trinajstić information content (AvgIpc) is 2.37. The van der Waals surface area contributed by atoms with Gasteiger partial charge >= 0.3 is 0 Å². The third kappa shape index (κ3) is 3.83. The molecule has 0 aromatic heterocycles. The average molecular weight is 312 g/mol. The van der Waals surface area contributed by atoms with Crippen LogP contribution >= 0.6 is 0 Å². The van der Waals surface area contributed by atoms with Gasteiger partial charge < -0.3 is 18.6 Å². The van der Waals surface area contributed by atoms with Crippen molar-refractivity contribution in [1.29, 1.82) is 0 Å². The van der Waals surface area contributed by atoms with E-state index in [0.717, 1.165) is 30.6 Å². The van der Waals surface area contributed by atoms with Crippen LogP contribution in [-0.4, -0.2) is 27.8 Å². The van der Waals surface area contributed by atoms with E-state index >= 15 is 0 Å². The van der Waals surface area contributed by atoms with Crippen LogP contribution < -0.4 is 0 Å². The number of hydrogen-bond acceptors (Lipinski definition) is 4. The van der Waals surface area contributed by atoms with Crippen molar-refractivity contribution >= 4 is 8.32 Å². The van der Waals surface area contributed by atoms with Crippen LogP contribution in [0.3, 0.4) is 0 Å². The first-order valence-electron chi connectivity index (χ1n) is 7.68. The Morgan fingerprint density at radius 3 is 2.71 bits per heavy atom. The van der Waals surface area contributed by atoms with Crippen LogP contribution in [0.15, 0.2) is 23.9 Å². The molecule has 0 radical (unpaired) electrons. The Morgan fingerprint density at radius 1 is 1.33 bits per heavy atom. The molecule has 2 rings (SSSR count). The highest BCUT2D eigenvalue weighted by Gasteiger charge is 2.40. The van der Waals surface area contributed by atoms with Crippen molar-refractivity contribution in [3.8, 4) is 0 Å². The van der Waals surface area contributed by atoms with Gasteiger partial charge in [0.05, 0.1) is 6.61 Å². The molecule has 0 spiro atoms. The molecule has 1 aliphatic carbocycles. The molecule has 0 aromatic carbocycles. The first kappa shape index (κ1) is 16.4. The molecule has 1 aliphatic heterocycles. The summed E-state index contributed by atoms with van der Waals surface area (Å²) in [6.45, 7) is 15.9. The van der Waals surface area contributed by atoms with Gasteiger partial charge in [-0.15, -0.1) is 0 Å². The molecule has 0 fully saturated rings. The number of rotatable bonds is 4. The second-order valence-electron chi connectivity index (χ2n) is 7.29. The highest BCUT2D eigenvalue weighted by molar-refractivity contribution is 6.74. The van der Waals surface area contributed by atoms with Crippen molar-refractivity contribution in [2.75, 3.05) is 13.4 Å². The largest absolute Gasteiger partial charge is 0.519 e. The van der Waals surface area contributed by atoms with Gasteiger partial charge in [-0.2, -0.15) is 0 Å². The van der Waals surface area contributed by atoms with E-state index in [4.69, 9.17) is 18.6 Å². The molecule has 0 amide bonds. The van der Waals surface area contributed by atoms with E-state index in [0.29, 0.717) is 19.3 Å². The molecule has 1 heterocycles. The first-order valence-corrected chi connectivity index (χ1v) is 10.6. The van der Waals surface area contributed by atoms with E-state index in [2.05, 4.69) is 40.4 Å². The van der Waals surface area contributed by atoms with Crippen LogP contribution in [0.4, 0.5) is 0 Å². The molecular formula is C16H28O4Si. The van der Waals surface area contributed by atoms with Gasteiger partial charge in [-0.05, 0) is 37.6 Å². The van der Waals surface area contributed by atoms with E-state index < -0.39 is 8.32 Å². The number of allylic oxidation sites excluding steroid dienone is 1. The fraction of sp³-hybridized carbons (Fsp3) is 0.750. The smallest absolute Gasteiger partial charge is 0.258 e. The lowest BCUT2D eigenvalue weighted by Gasteiger charge is -2.38. The zero-order valence-corrected chi connectivity index (χ0v) is 15.0. The lowest BCUT2D eigenvalue weighted by Crippen LogP contribution is -2.41. The minimum absolute atomic E-state index is 0.0219. The SMILES string of the molecule is C=C(O[C@H]1CCCC2=C1COCO2)O[Si](C)(C)C(C)(C)C. The highest BCUT2D eigenvalue weighted by atomic mass is 28.4. The van der Waals surface area contributed by atoms with Crippen LogP contribution in [0.5, 0.6) is 0 Å². The van der Waals surface area contributed by atoms with Gasteiger partial charge in [0.15, 0.2) is 6.79 Å². The zero-order chi connectivity index (χ0) is 15.7. The van der Waals surface area contributed by atoms with Gasteiger partial charge in [0, 0.05) is 12.0 Å². The lowest BCUT2D eigenvalue weighted by molar-refractivity contribution is -0.0613. The maximum Gasteiger partial charge on any atom is 0.258 e. The molecule has 120 valence electrons. The lowest BCUT2D eigenvalue weighted by atomic mass is 9.94. The summed E-state index contributed by atoms with van der Waals surface area (Å²) in [6, 6.07) is 0. The molecule has 0 saturated carbocycles. The standard InChI is InChI=1S/C16H28O4Si/c1-12(20-21(5,6)16(2,3)4)19-15-9-7-8-14-13(15)10-17-11-18-14/h15H,1,7-11H2,2-6H3/t15-/m0/s1. The van der Waals surface area contributed by atoms with Crippen molar-refractivity contribution in [1.82, 2.24) is 0 Å². The van der Waals surface area contributed by atoms with Crippen LogP contribution in [0.2, 0.25) is 18.1 Å². The Labute approximate surface area is 129 Å². The third-order valence-corrected chi connectivity index (χ3v) is 8.99. The second kappa shape index (κ2) is 6.05. The monoisotopic (exact) mass is 312 g/mol. The van der Waals surface area contributed by atoms with E-state index in [1.165, 1.54) is 0 Å². The molecule has 21 heavy (non-hydrogen) atoms.